The van der Waals surface area contributed by atoms with Crippen LogP contribution in [-0.4, -0.2) is 133 Å². The van der Waals surface area contributed by atoms with Gasteiger partial charge in [0.1, 0.15) is 0 Å². The van der Waals surface area contributed by atoms with E-state index in [-0.39, 0.29) is 42.7 Å². The van der Waals surface area contributed by atoms with E-state index in [0.717, 1.165) is 101 Å². The topological polar surface area (TPSA) is 161 Å². The molecule has 13 nitrogen and oxygen atoms in total. The molecule has 3 unspecified atom stereocenters. The number of piperidine rings is 3. The van der Waals surface area contributed by atoms with E-state index in [1.165, 1.54) is 23.4 Å². The third-order valence-corrected chi connectivity index (χ3v) is 16.3. The molecule has 3 atom stereocenters. The Balaban J connectivity index is 0.000000214. The van der Waals surface area contributed by atoms with Crippen LogP contribution in [0.1, 0.15) is 123 Å². The van der Waals surface area contributed by atoms with Crippen LogP contribution in [0.5, 0.6) is 0 Å². The fourth-order valence-corrected chi connectivity index (χ4v) is 10.9. The average Bonchev–Trinajstić information content (AvgIpc) is 3.40. The van der Waals surface area contributed by atoms with E-state index in [4.69, 9.17) is 68.6 Å². The van der Waals surface area contributed by atoms with Crippen LogP contribution in [0.3, 0.4) is 0 Å². The van der Waals surface area contributed by atoms with Crippen molar-refractivity contribution < 1.29 is 29.1 Å². The molecule has 4 aromatic rings. The predicted molar refractivity (Wildman–Crippen MR) is 309 cm³/mol. The van der Waals surface area contributed by atoms with Crippen molar-refractivity contribution in [3.05, 3.63) is 138 Å². The largest absolute Gasteiger partial charge is 0.386 e. The summed E-state index contributed by atoms with van der Waals surface area (Å²) in [5.74, 6) is -0.642. The van der Waals surface area contributed by atoms with Crippen molar-refractivity contribution in [1.82, 2.24) is 24.9 Å². The van der Waals surface area contributed by atoms with Crippen molar-refractivity contribution in [2.24, 2.45) is 16.8 Å². The fourth-order valence-electron chi connectivity index (χ4n) is 9.96. The minimum absolute atomic E-state index is 0.0204. The fraction of sp³-hybridized carbons (Fsp3) is 0.500. The normalized spacial score (nSPS) is 18.1. The van der Waals surface area contributed by atoms with Gasteiger partial charge in [-0.25, -0.2) is 0 Å². The summed E-state index contributed by atoms with van der Waals surface area (Å²) in [6.45, 7) is 15.1. The number of nitrogens with two attached hydrogens (primary N) is 1. The number of rotatable bonds is 18. The highest BCUT2D eigenvalue weighted by atomic mass is 35.5. The van der Waals surface area contributed by atoms with Crippen molar-refractivity contribution in [3.63, 3.8) is 0 Å². The molecule has 3 heterocycles. The molecule has 18 heteroatoms. The number of amides is 4. The molecule has 0 aromatic heterocycles. The molecule has 0 bridgehead atoms. The number of hydrogen-bond acceptors (Lipinski definition) is 9. The highest BCUT2D eigenvalue weighted by molar-refractivity contribution is 6.42. The zero-order valence-electron chi connectivity index (χ0n) is 44.8. The molecule has 3 saturated heterocycles. The quantitative estimate of drug-likeness (QED) is 0.0655. The molecule has 3 aliphatic heterocycles. The number of benzene rings is 4. The monoisotopic (exact) mass is 1140 g/mol. The van der Waals surface area contributed by atoms with E-state index in [2.05, 4.69) is 45.1 Å². The highest BCUT2D eigenvalue weighted by Gasteiger charge is 2.36. The number of carbonyl (C=O) groups excluding carboxylic acids is 4. The van der Waals surface area contributed by atoms with Gasteiger partial charge in [0.25, 0.3) is 11.8 Å². The van der Waals surface area contributed by atoms with E-state index in [1.807, 2.05) is 62.4 Å². The van der Waals surface area contributed by atoms with Crippen molar-refractivity contribution in [3.8, 4) is 0 Å². The van der Waals surface area contributed by atoms with Crippen molar-refractivity contribution in [1.29, 1.82) is 0 Å². The summed E-state index contributed by atoms with van der Waals surface area (Å²) in [6.07, 6.45) is 8.25. The van der Waals surface area contributed by atoms with Gasteiger partial charge in [0.2, 0.25) is 11.8 Å². The summed E-state index contributed by atoms with van der Waals surface area (Å²) < 4.78 is 0. The number of aryl methyl sites for hydroxylation is 1. The first-order valence-corrected chi connectivity index (χ1v) is 28.2. The molecule has 3 aliphatic rings. The molecule has 0 radical (unpaired) electrons. The van der Waals surface area contributed by atoms with Gasteiger partial charge < -0.3 is 40.6 Å². The maximum Gasteiger partial charge on any atom is 0.258 e. The van der Waals surface area contributed by atoms with Crippen molar-refractivity contribution >= 4 is 87.3 Å². The van der Waals surface area contributed by atoms with Gasteiger partial charge in [0, 0.05) is 81.7 Å². The summed E-state index contributed by atoms with van der Waals surface area (Å²) in [5.41, 5.74) is 9.38. The van der Waals surface area contributed by atoms with Crippen LogP contribution in [0, 0.1) is 12.8 Å². The maximum atomic E-state index is 12.9. The van der Waals surface area contributed by atoms with E-state index < -0.39 is 11.5 Å². The highest BCUT2D eigenvalue weighted by Crippen LogP contribution is 2.34. The van der Waals surface area contributed by atoms with Gasteiger partial charge in [-0.3, -0.25) is 19.2 Å². The molecule has 3 fully saturated rings. The number of nitrogens with one attached hydrogen (secondary N) is 1. The zero-order valence-corrected chi connectivity index (χ0v) is 48.6. The third-order valence-electron chi connectivity index (χ3n) is 14.6. The van der Waals surface area contributed by atoms with E-state index in [9.17, 15) is 24.3 Å². The maximum absolute atomic E-state index is 12.9. The molecule has 0 saturated carbocycles. The minimum Gasteiger partial charge on any atom is -0.386 e. The second kappa shape index (κ2) is 30.6. The van der Waals surface area contributed by atoms with Gasteiger partial charge in [-0.15, -0.1) is 0 Å². The van der Waals surface area contributed by atoms with Gasteiger partial charge in [-0.05, 0) is 142 Å². The Bertz CT molecular complexity index is 2550. The minimum atomic E-state index is -0.674. The Hall–Kier alpha value is -4.44. The van der Waals surface area contributed by atoms with Crippen LogP contribution < -0.4 is 11.1 Å². The summed E-state index contributed by atoms with van der Waals surface area (Å²) in [7, 11) is 3.28. The standard InChI is InChI=1S/C21H22Cl3N3O3.C21H25Cl2NO.C16H29N3O2/c1-12-6-15(8-16(22)7-12)21(29)27(3)10-19(26-30-11-20(25)28)13(2)14-4-5-17(23)18(24)9-14;1-16(17-7-8-19(22)20(23)15-17)9-12-24-13-10-21(25,11-14-24)18-5-3-2-4-6-18;1-3-8-18-10-6-14(7-11-18)19-9-4-5-13(16(19)21)12-15(20)17-2/h4-9,13H,10-11H2,1-3H3,(H2,25,28);2-8,15-16,25H,9-14H2,1H3;13-14H,3-12H2,1-2H3,(H,17,20)/b26-19-;;. The molecule has 4 amide bonds. The molecule has 4 N–H and O–H groups in total. The number of likely N-dealkylation sites (tertiary alicyclic amines) is 3. The van der Waals surface area contributed by atoms with Crippen LogP contribution in [0.4, 0.5) is 0 Å². The molecule has 4 aromatic carbocycles. The number of aliphatic hydroxyl groups is 1. The van der Waals surface area contributed by atoms with Crippen molar-refractivity contribution in [2.75, 3.05) is 73.1 Å². The molecule has 0 spiro atoms. The van der Waals surface area contributed by atoms with Crippen LogP contribution >= 0.6 is 58.0 Å². The second-order valence-electron chi connectivity index (χ2n) is 20.3. The van der Waals surface area contributed by atoms with Crippen LogP contribution in [-0.2, 0) is 24.8 Å². The van der Waals surface area contributed by atoms with Gasteiger partial charge in [0.05, 0.1) is 37.9 Å². The first kappa shape index (κ1) is 62.4. The first-order valence-electron chi connectivity index (χ1n) is 26.3. The van der Waals surface area contributed by atoms with E-state index in [0.29, 0.717) is 54.8 Å². The molecular formula is C58H76Cl5N7O6. The average molecular weight is 1140 g/mol. The molecule has 0 aliphatic carbocycles. The van der Waals surface area contributed by atoms with Crippen LogP contribution in [0.2, 0.25) is 25.1 Å². The van der Waals surface area contributed by atoms with Crippen molar-refractivity contribution in [2.45, 2.75) is 109 Å². The molecule has 76 heavy (non-hydrogen) atoms. The SMILES string of the molecule is CC(CCN1CCC(O)(c2ccccc2)CC1)c1ccc(Cl)c(Cl)c1.CCCN1CCC(N2CCCC(CC(=O)NC)C2=O)CC1.Cc1cc(Cl)cc(C(=O)N(C)C/C(=N/OCC(N)=O)C(C)c2ccc(Cl)c(Cl)c2)c1. The number of primary amides is 1. The molecular weight excluding hydrogens is 1070 g/mol. The number of nitrogens with zero attached hydrogens (tertiary/aromatic N) is 5. The number of hydrogen-bond donors (Lipinski definition) is 3. The Morgan fingerprint density at radius 1 is 0.829 bits per heavy atom. The van der Waals surface area contributed by atoms with E-state index >= 15 is 0 Å². The predicted octanol–water partition coefficient (Wildman–Crippen LogP) is 11.4. The van der Waals surface area contributed by atoms with E-state index in [1.54, 1.807) is 44.4 Å². The van der Waals surface area contributed by atoms with Crippen LogP contribution in [0.25, 0.3) is 0 Å². The van der Waals surface area contributed by atoms with Gasteiger partial charge >= 0.3 is 0 Å². The summed E-state index contributed by atoms with van der Waals surface area (Å²) in [5, 5.41) is 20.2. The Kier molecular flexibility index (Phi) is 25.2. The number of oxime groups is 1. The number of halogens is 5. The zero-order chi connectivity index (χ0) is 55.5. The third kappa shape index (κ3) is 18.9. The van der Waals surface area contributed by atoms with Gasteiger partial charge in [-0.1, -0.05) is 126 Å². The lowest BCUT2D eigenvalue weighted by Crippen LogP contribution is -2.52. The number of carbonyl (C=O) groups is 4. The summed E-state index contributed by atoms with van der Waals surface area (Å²) in [6, 6.07) is 26.7. The molecule has 414 valence electrons. The Morgan fingerprint density at radius 3 is 2.04 bits per heavy atom. The summed E-state index contributed by atoms with van der Waals surface area (Å²) >= 11 is 30.3. The molecule has 7 rings (SSSR count). The second-order valence-corrected chi connectivity index (χ2v) is 22.4. The first-order chi connectivity index (χ1) is 36.2. The smallest absolute Gasteiger partial charge is 0.258 e. The Morgan fingerprint density at radius 2 is 1.45 bits per heavy atom. The van der Waals surface area contributed by atoms with Gasteiger partial charge in [0.15, 0.2) is 6.61 Å². The lowest BCUT2D eigenvalue weighted by molar-refractivity contribution is -0.144. The Labute approximate surface area is 475 Å². The lowest BCUT2D eigenvalue weighted by Gasteiger charge is -2.42. The van der Waals surface area contributed by atoms with Gasteiger partial charge in [-0.2, -0.15) is 0 Å². The summed E-state index contributed by atoms with van der Waals surface area (Å²) in [4.78, 5) is 61.6. The lowest BCUT2D eigenvalue weighted by atomic mass is 9.84. The van der Waals surface area contributed by atoms with Crippen LogP contribution in [0.15, 0.2) is 90.1 Å².